The van der Waals surface area contributed by atoms with Gasteiger partial charge in [-0.25, -0.2) is 9.59 Å². The van der Waals surface area contributed by atoms with Gasteiger partial charge in [-0.05, 0) is 53.4 Å². The molecule has 0 aliphatic heterocycles. The Balaban J connectivity index is 1.60. The number of carbonyl (C=O) groups excluding carboxylic acids is 4. The summed E-state index contributed by atoms with van der Waals surface area (Å²) in [7, 11) is 0. The van der Waals surface area contributed by atoms with Gasteiger partial charge in [0, 0.05) is 5.92 Å². The summed E-state index contributed by atoms with van der Waals surface area (Å²) in [4.78, 5) is 63.7. The molecule has 0 bridgehead atoms. The molecule has 0 saturated heterocycles. The van der Waals surface area contributed by atoms with Gasteiger partial charge in [0.15, 0.2) is 0 Å². The second kappa shape index (κ2) is 15.5. The number of benzene rings is 2. The van der Waals surface area contributed by atoms with Gasteiger partial charge >= 0.3 is 12.1 Å². The molecule has 0 spiro atoms. The van der Waals surface area contributed by atoms with Crippen molar-refractivity contribution in [3.8, 4) is 11.1 Å². The molecule has 4 amide bonds. The van der Waals surface area contributed by atoms with Gasteiger partial charge in [-0.15, -0.1) is 0 Å². The molecule has 11 nitrogen and oxygen atoms in total. The Labute approximate surface area is 264 Å². The monoisotopic (exact) mass is 622 g/mol. The van der Waals surface area contributed by atoms with Crippen LogP contribution in [0.1, 0.15) is 71.9 Å². The van der Waals surface area contributed by atoms with E-state index in [2.05, 4.69) is 21.3 Å². The van der Waals surface area contributed by atoms with E-state index in [0.29, 0.717) is 0 Å². The molecule has 3 rings (SSSR count). The average Bonchev–Trinajstić information content (AvgIpc) is 3.29. The summed E-state index contributed by atoms with van der Waals surface area (Å²) in [5.41, 5.74) is 4.33. The smallest absolute Gasteiger partial charge is 0.407 e. The lowest BCUT2D eigenvalue weighted by molar-refractivity contribution is -0.143. The van der Waals surface area contributed by atoms with Crippen molar-refractivity contribution in [1.29, 1.82) is 0 Å². The summed E-state index contributed by atoms with van der Waals surface area (Å²) in [5, 5.41) is 19.9. The van der Waals surface area contributed by atoms with Gasteiger partial charge in [-0.3, -0.25) is 14.4 Å². The Morgan fingerprint density at radius 1 is 0.689 bits per heavy atom. The largest absolute Gasteiger partial charge is 0.480 e. The normalized spacial score (nSPS) is 15.0. The van der Waals surface area contributed by atoms with Gasteiger partial charge < -0.3 is 31.1 Å². The van der Waals surface area contributed by atoms with Crippen LogP contribution >= 0.6 is 0 Å². The molecule has 11 heteroatoms. The lowest BCUT2D eigenvalue weighted by Crippen LogP contribution is -2.58. The number of carboxylic acids is 1. The molecule has 5 N–H and O–H groups in total. The molecule has 0 unspecified atom stereocenters. The molecule has 0 aromatic heterocycles. The van der Waals surface area contributed by atoms with E-state index in [9.17, 15) is 29.1 Å². The van der Waals surface area contributed by atoms with E-state index in [-0.39, 0.29) is 36.7 Å². The minimum absolute atomic E-state index is 0.0139. The fourth-order valence-corrected chi connectivity index (χ4v) is 5.44. The molecular weight excluding hydrogens is 576 g/mol. The SMILES string of the molecule is CC(C)C[C@H](NC(=O)[C@H](C)NC(=O)[C@@H](NC(=O)OCC1c2ccccc2-c2ccccc21)C(C)C)C(=O)N[C@H](C(=O)O)C(C)C. The Morgan fingerprint density at radius 2 is 1.22 bits per heavy atom. The molecule has 0 radical (unpaired) electrons. The number of hydrogen-bond acceptors (Lipinski definition) is 6. The van der Waals surface area contributed by atoms with E-state index in [4.69, 9.17) is 4.74 Å². The number of hydrogen-bond donors (Lipinski definition) is 5. The van der Waals surface area contributed by atoms with Crippen LogP contribution in [0.25, 0.3) is 11.1 Å². The van der Waals surface area contributed by atoms with Crippen LogP contribution in [-0.2, 0) is 23.9 Å². The summed E-state index contributed by atoms with van der Waals surface area (Å²) in [6.45, 7) is 12.2. The highest BCUT2D eigenvalue weighted by molar-refractivity contribution is 5.94. The molecule has 1 aliphatic rings. The number of amides is 4. The van der Waals surface area contributed by atoms with Crippen LogP contribution in [0.15, 0.2) is 48.5 Å². The third-order valence-electron chi connectivity index (χ3n) is 7.89. The maximum atomic E-state index is 13.2. The summed E-state index contributed by atoms with van der Waals surface area (Å²) in [6, 6.07) is 11.8. The zero-order valence-corrected chi connectivity index (χ0v) is 27.0. The van der Waals surface area contributed by atoms with Crippen LogP contribution in [0, 0.1) is 17.8 Å². The third kappa shape index (κ3) is 9.06. The van der Waals surface area contributed by atoms with Crippen molar-refractivity contribution < 1.29 is 33.8 Å². The maximum Gasteiger partial charge on any atom is 0.407 e. The summed E-state index contributed by atoms with van der Waals surface area (Å²) in [5.74, 6) is -3.81. The van der Waals surface area contributed by atoms with Crippen LogP contribution in [0.4, 0.5) is 4.79 Å². The van der Waals surface area contributed by atoms with Crippen molar-refractivity contribution >= 4 is 29.8 Å². The average molecular weight is 623 g/mol. The molecule has 45 heavy (non-hydrogen) atoms. The first-order valence-corrected chi connectivity index (χ1v) is 15.5. The molecule has 2 aromatic rings. The maximum absolute atomic E-state index is 13.2. The number of alkyl carbamates (subject to hydrolysis) is 1. The number of ether oxygens (including phenoxy) is 1. The van der Waals surface area contributed by atoms with Crippen molar-refractivity contribution in [3.63, 3.8) is 0 Å². The minimum Gasteiger partial charge on any atom is -0.480 e. The second-order valence-electron chi connectivity index (χ2n) is 12.7. The minimum atomic E-state index is -1.17. The summed E-state index contributed by atoms with van der Waals surface area (Å²) in [6.07, 6.45) is -0.490. The van der Waals surface area contributed by atoms with E-state index in [1.54, 1.807) is 27.7 Å². The van der Waals surface area contributed by atoms with E-state index in [1.165, 1.54) is 6.92 Å². The molecule has 244 valence electrons. The van der Waals surface area contributed by atoms with Crippen LogP contribution < -0.4 is 21.3 Å². The van der Waals surface area contributed by atoms with Crippen LogP contribution in [0.2, 0.25) is 0 Å². The van der Waals surface area contributed by atoms with E-state index in [0.717, 1.165) is 22.3 Å². The number of fused-ring (bicyclic) bond motifs is 3. The standard InChI is InChI=1S/C34H46N4O7/c1-18(2)16-27(31(40)37-29(20(5)6)33(42)43)36-30(39)21(7)35-32(41)28(19(3)4)38-34(44)45-17-26-24-14-10-8-12-22(24)23-13-9-11-15-25(23)26/h8-15,18-21,26-29H,16-17H2,1-7H3,(H,35,41)(H,36,39)(H,37,40)(H,38,44)(H,42,43)/t21-,27-,28-,29-/m0/s1. The molecular formula is C34H46N4O7. The second-order valence-corrected chi connectivity index (χ2v) is 12.7. The third-order valence-corrected chi connectivity index (χ3v) is 7.89. The molecule has 4 atom stereocenters. The number of carbonyl (C=O) groups is 5. The molecule has 0 saturated carbocycles. The lowest BCUT2D eigenvalue weighted by Gasteiger charge is -2.27. The molecule has 1 aliphatic carbocycles. The fourth-order valence-electron chi connectivity index (χ4n) is 5.44. The first-order chi connectivity index (χ1) is 21.2. The van der Waals surface area contributed by atoms with Gasteiger partial charge in [0.25, 0.3) is 0 Å². The molecule has 0 heterocycles. The summed E-state index contributed by atoms with van der Waals surface area (Å²) < 4.78 is 5.61. The number of rotatable bonds is 14. The number of aliphatic carboxylic acids is 1. The zero-order chi connectivity index (χ0) is 33.4. The zero-order valence-electron chi connectivity index (χ0n) is 27.0. The van der Waals surface area contributed by atoms with Crippen LogP contribution in [0.3, 0.4) is 0 Å². The first-order valence-electron chi connectivity index (χ1n) is 15.5. The highest BCUT2D eigenvalue weighted by atomic mass is 16.5. The van der Waals surface area contributed by atoms with Gasteiger partial charge in [0.1, 0.15) is 30.8 Å². The fraction of sp³-hybridized carbons (Fsp3) is 0.500. The van der Waals surface area contributed by atoms with Gasteiger partial charge in [-0.2, -0.15) is 0 Å². The predicted octanol–water partition coefficient (Wildman–Crippen LogP) is 3.81. The Morgan fingerprint density at radius 3 is 1.71 bits per heavy atom. The molecule has 2 aromatic carbocycles. The van der Waals surface area contributed by atoms with Crippen molar-refractivity contribution in [2.24, 2.45) is 17.8 Å². The Bertz CT molecular complexity index is 1340. The van der Waals surface area contributed by atoms with E-state index < -0.39 is 54.0 Å². The van der Waals surface area contributed by atoms with Gasteiger partial charge in [-0.1, -0.05) is 90.1 Å². The van der Waals surface area contributed by atoms with Gasteiger partial charge in [0.05, 0.1) is 0 Å². The van der Waals surface area contributed by atoms with Crippen LogP contribution in [0.5, 0.6) is 0 Å². The lowest BCUT2D eigenvalue weighted by atomic mass is 9.98. The van der Waals surface area contributed by atoms with E-state index in [1.807, 2.05) is 62.4 Å². The predicted molar refractivity (Wildman–Crippen MR) is 170 cm³/mol. The van der Waals surface area contributed by atoms with Crippen LogP contribution in [-0.4, -0.2) is 65.7 Å². The van der Waals surface area contributed by atoms with Crippen molar-refractivity contribution in [2.45, 2.75) is 85.0 Å². The summed E-state index contributed by atoms with van der Waals surface area (Å²) >= 11 is 0. The quantitative estimate of drug-likeness (QED) is 0.214. The van der Waals surface area contributed by atoms with Crippen molar-refractivity contribution in [1.82, 2.24) is 21.3 Å². The number of carboxylic acid groups (broad SMARTS) is 1. The van der Waals surface area contributed by atoms with Crippen molar-refractivity contribution in [2.75, 3.05) is 6.61 Å². The first kappa shape index (κ1) is 35.1. The topological polar surface area (TPSA) is 163 Å². The van der Waals surface area contributed by atoms with E-state index >= 15 is 0 Å². The highest BCUT2D eigenvalue weighted by Gasteiger charge is 2.33. The van der Waals surface area contributed by atoms with Gasteiger partial charge in [0.2, 0.25) is 17.7 Å². The highest BCUT2D eigenvalue weighted by Crippen LogP contribution is 2.44. The Kier molecular flexibility index (Phi) is 12.1. The number of nitrogens with one attached hydrogen (secondary N) is 4. The molecule has 0 fully saturated rings. The Hall–Kier alpha value is -4.41. The van der Waals surface area contributed by atoms with Crippen molar-refractivity contribution in [3.05, 3.63) is 59.7 Å².